The van der Waals surface area contributed by atoms with E-state index in [0.29, 0.717) is 28.5 Å². The van der Waals surface area contributed by atoms with Gasteiger partial charge in [0.1, 0.15) is 0 Å². The molecule has 34 heavy (non-hydrogen) atoms. The number of rotatable bonds is 7. The minimum absolute atomic E-state index is 0.00498. The summed E-state index contributed by atoms with van der Waals surface area (Å²) in [5.74, 6) is -0.848. The van der Waals surface area contributed by atoms with Crippen molar-refractivity contribution in [1.82, 2.24) is 0 Å². The molecule has 6 nitrogen and oxygen atoms in total. The molecule has 10 heteroatoms. The smallest absolute Gasteiger partial charge is 0.416 e. The molecule has 3 rings (SSSR count). The number of alkyl halides is 3. The molecule has 1 aliphatic heterocycles. The minimum atomic E-state index is -4.50. The molecule has 0 aromatic heterocycles. The number of benzene rings is 2. The van der Waals surface area contributed by atoms with Gasteiger partial charge in [0.15, 0.2) is 0 Å². The Bertz CT molecular complexity index is 1120. The van der Waals surface area contributed by atoms with Crippen LogP contribution in [0.3, 0.4) is 0 Å². The van der Waals surface area contributed by atoms with E-state index < -0.39 is 28.9 Å². The van der Waals surface area contributed by atoms with Gasteiger partial charge >= 0.3 is 12.1 Å². The van der Waals surface area contributed by atoms with Gasteiger partial charge in [-0.3, -0.25) is 9.59 Å². The van der Waals surface area contributed by atoms with E-state index in [1.807, 2.05) is 18.2 Å². The average molecular weight is 492 g/mol. The van der Waals surface area contributed by atoms with E-state index in [2.05, 4.69) is 15.6 Å². The zero-order chi connectivity index (χ0) is 24.7. The maximum Gasteiger partial charge on any atom is 0.416 e. The summed E-state index contributed by atoms with van der Waals surface area (Å²) >= 11 is 1.17. The normalized spacial score (nSPS) is 14.0. The fraction of sp³-hybridized carbons (Fsp3) is 0.292. The Labute approximate surface area is 199 Å². The highest BCUT2D eigenvalue weighted by molar-refractivity contribution is 8.15. The number of aliphatic imine (C=N–C) groups is 1. The molecule has 1 atom stereocenters. The van der Waals surface area contributed by atoms with Gasteiger partial charge < -0.3 is 15.4 Å². The highest BCUT2D eigenvalue weighted by Gasteiger charge is 2.31. The Kier molecular flexibility index (Phi) is 8.38. The van der Waals surface area contributed by atoms with Crippen LogP contribution in [0.2, 0.25) is 0 Å². The van der Waals surface area contributed by atoms with E-state index in [1.54, 1.807) is 26.0 Å². The largest absolute Gasteiger partial charge is 0.466 e. The minimum Gasteiger partial charge on any atom is -0.466 e. The molecule has 1 aliphatic rings. The van der Waals surface area contributed by atoms with E-state index in [-0.39, 0.29) is 18.7 Å². The molecule has 0 radical (unpaired) electrons. The fourth-order valence-electron chi connectivity index (χ4n) is 3.17. The second kappa shape index (κ2) is 11.2. The van der Waals surface area contributed by atoms with Gasteiger partial charge in [-0.15, -0.1) is 0 Å². The number of fused-ring (bicyclic) bond motifs is 1. The van der Waals surface area contributed by atoms with Crippen LogP contribution in [0, 0.1) is 0 Å². The molecule has 0 saturated carbocycles. The summed E-state index contributed by atoms with van der Waals surface area (Å²) < 4.78 is 44.0. The van der Waals surface area contributed by atoms with Crippen molar-refractivity contribution in [2.24, 2.45) is 4.99 Å². The van der Waals surface area contributed by atoms with Crippen LogP contribution in [-0.4, -0.2) is 28.8 Å². The first-order valence-electron chi connectivity index (χ1n) is 10.6. The van der Waals surface area contributed by atoms with Crippen molar-refractivity contribution in [3.8, 4) is 0 Å². The SMILES string of the molecule is CCOC(=O)CC1=CC(SC(CC)C(=O)Nc2cccc(C(F)(F)F)c2)=Nc2ccccc2N1. The lowest BCUT2D eigenvalue weighted by Gasteiger charge is -2.16. The molecule has 0 fully saturated rings. The first-order valence-corrected chi connectivity index (χ1v) is 11.5. The monoisotopic (exact) mass is 491 g/mol. The molecular formula is C24H24F3N3O3S. The molecule has 0 spiro atoms. The molecule has 2 aromatic rings. The summed E-state index contributed by atoms with van der Waals surface area (Å²) in [6.07, 6.45) is -2.42. The third kappa shape index (κ3) is 6.86. The van der Waals surface area contributed by atoms with Gasteiger partial charge in [0.2, 0.25) is 5.91 Å². The van der Waals surface area contributed by atoms with Crippen LogP contribution in [0.4, 0.5) is 30.2 Å². The van der Waals surface area contributed by atoms with E-state index in [9.17, 15) is 22.8 Å². The lowest BCUT2D eigenvalue weighted by Crippen LogP contribution is -2.26. The van der Waals surface area contributed by atoms with Crippen molar-refractivity contribution >= 4 is 45.7 Å². The fourth-order valence-corrected chi connectivity index (χ4v) is 4.16. The summed E-state index contributed by atoms with van der Waals surface area (Å²) in [6, 6.07) is 11.8. The molecule has 2 aromatic carbocycles. The number of ether oxygens (including phenoxy) is 1. The van der Waals surface area contributed by atoms with Crippen molar-refractivity contribution in [3.63, 3.8) is 0 Å². The maximum absolute atomic E-state index is 13.0. The Hall–Kier alpha value is -3.27. The number of thioether (sulfide) groups is 1. The maximum atomic E-state index is 13.0. The third-order valence-corrected chi connectivity index (χ3v) is 6.03. The Balaban J connectivity index is 1.81. The van der Waals surface area contributed by atoms with E-state index >= 15 is 0 Å². The zero-order valence-electron chi connectivity index (χ0n) is 18.6. The topological polar surface area (TPSA) is 79.8 Å². The van der Waals surface area contributed by atoms with Crippen LogP contribution in [0.25, 0.3) is 0 Å². The predicted molar refractivity (Wildman–Crippen MR) is 128 cm³/mol. The summed E-state index contributed by atoms with van der Waals surface area (Å²) in [4.78, 5) is 29.5. The number of carbonyl (C=O) groups excluding carboxylic acids is 2. The first-order chi connectivity index (χ1) is 16.2. The molecule has 1 amide bonds. The van der Waals surface area contributed by atoms with Gasteiger partial charge in [0.25, 0.3) is 0 Å². The summed E-state index contributed by atoms with van der Waals surface area (Å²) in [7, 11) is 0. The van der Waals surface area contributed by atoms with Gasteiger partial charge in [-0.1, -0.05) is 36.9 Å². The highest BCUT2D eigenvalue weighted by Crippen LogP contribution is 2.33. The van der Waals surface area contributed by atoms with Crippen LogP contribution in [0.1, 0.15) is 32.3 Å². The number of nitrogens with one attached hydrogen (secondary N) is 2. The van der Waals surface area contributed by atoms with Crippen LogP contribution in [-0.2, 0) is 20.5 Å². The van der Waals surface area contributed by atoms with Crippen molar-refractivity contribution in [3.05, 3.63) is 65.9 Å². The number of halogens is 3. The van der Waals surface area contributed by atoms with Gasteiger partial charge in [0, 0.05) is 11.4 Å². The quantitative estimate of drug-likeness (QED) is 0.454. The number of para-hydroxylation sites is 2. The van der Waals surface area contributed by atoms with E-state index in [0.717, 1.165) is 12.1 Å². The number of anilines is 2. The molecule has 0 saturated heterocycles. The molecule has 0 bridgehead atoms. The van der Waals surface area contributed by atoms with Crippen LogP contribution in [0.5, 0.6) is 0 Å². The molecule has 0 aliphatic carbocycles. The van der Waals surface area contributed by atoms with Crippen LogP contribution >= 0.6 is 11.8 Å². The molecule has 1 heterocycles. The summed E-state index contributed by atoms with van der Waals surface area (Å²) in [6.45, 7) is 3.78. The van der Waals surface area contributed by atoms with Crippen molar-refractivity contribution < 1.29 is 27.5 Å². The summed E-state index contributed by atoms with van der Waals surface area (Å²) in [5, 5.41) is 5.61. The Morgan fingerprint density at radius 2 is 1.91 bits per heavy atom. The van der Waals surface area contributed by atoms with E-state index in [1.165, 1.54) is 23.9 Å². The van der Waals surface area contributed by atoms with Crippen molar-refractivity contribution in [2.45, 2.75) is 38.1 Å². The molecular weight excluding hydrogens is 467 g/mol. The van der Waals surface area contributed by atoms with Gasteiger partial charge in [-0.2, -0.15) is 13.2 Å². The van der Waals surface area contributed by atoms with E-state index in [4.69, 9.17) is 4.74 Å². The number of hydrogen-bond donors (Lipinski definition) is 2. The van der Waals surface area contributed by atoms with Gasteiger partial charge in [0.05, 0.1) is 40.3 Å². The zero-order valence-corrected chi connectivity index (χ0v) is 19.4. The van der Waals surface area contributed by atoms with Crippen LogP contribution < -0.4 is 10.6 Å². The second-order valence-electron chi connectivity index (χ2n) is 7.33. The first kappa shape index (κ1) is 25.4. The number of esters is 1. The standard InChI is InChI=1S/C24H24F3N3O3S/c1-3-20(23(32)29-16-9-7-8-15(12-16)24(25,26)27)34-21-13-17(14-22(31)33-4-2)28-18-10-5-6-11-19(18)30-21/h5-13,20,28H,3-4,14H2,1-2H3,(H,29,32). The molecule has 180 valence electrons. The molecule has 1 unspecified atom stereocenters. The lowest BCUT2D eigenvalue weighted by atomic mass is 10.2. The number of hydrogen-bond acceptors (Lipinski definition) is 6. The Morgan fingerprint density at radius 1 is 1.15 bits per heavy atom. The van der Waals surface area contributed by atoms with Crippen molar-refractivity contribution in [2.75, 3.05) is 17.2 Å². The average Bonchev–Trinajstić information content (AvgIpc) is 2.95. The lowest BCUT2D eigenvalue weighted by molar-refractivity contribution is -0.142. The highest BCUT2D eigenvalue weighted by atomic mass is 32.2. The van der Waals surface area contributed by atoms with Crippen molar-refractivity contribution in [1.29, 1.82) is 0 Å². The van der Waals surface area contributed by atoms with Gasteiger partial charge in [-0.25, -0.2) is 4.99 Å². The Morgan fingerprint density at radius 3 is 2.62 bits per heavy atom. The third-order valence-electron chi connectivity index (χ3n) is 4.75. The second-order valence-corrected chi connectivity index (χ2v) is 8.55. The number of nitrogens with zero attached hydrogens (tertiary/aromatic N) is 1. The molecule has 2 N–H and O–H groups in total. The van der Waals surface area contributed by atoms with Gasteiger partial charge in [-0.05, 0) is 49.8 Å². The predicted octanol–water partition coefficient (Wildman–Crippen LogP) is 6.15. The summed E-state index contributed by atoms with van der Waals surface area (Å²) in [5.41, 5.74) is 1.12. The van der Waals surface area contributed by atoms with Crippen LogP contribution in [0.15, 0.2) is 65.3 Å². The number of amides is 1. The number of carbonyl (C=O) groups is 2.